The molecule has 0 aliphatic carbocycles. The number of rotatable bonds is 3. The SMILES string of the molecule is OB(O)C/C=C/c1ccccc1. The Kier molecular flexibility index (Phi) is 3.58. The van der Waals surface area contributed by atoms with E-state index >= 15 is 0 Å². The van der Waals surface area contributed by atoms with E-state index in [4.69, 9.17) is 10.0 Å². The second-order valence-electron chi connectivity index (χ2n) is 2.53. The molecule has 3 heteroatoms. The quantitative estimate of drug-likeness (QED) is 0.655. The van der Waals surface area contributed by atoms with E-state index in [1.54, 1.807) is 6.08 Å². The lowest BCUT2D eigenvalue weighted by Crippen LogP contribution is -2.07. The van der Waals surface area contributed by atoms with Crippen molar-refractivity contribution in [1.82, 2.24) is 0 Å². The van der Waals surface area contributed by atoms with Gasteiger partial charge in [0.2, 0.25) is 0 Å². The van der Waals surface area contributed by atoms with Crippen LogP contribution >= 0.6 is 0 Å². The first-order valence-electron chi connectivity index (χ1n) is 3.87. The van der Waals surface area contributed by atoms with Gasteiger partial charge < -0.3 is 10.0 Å². The topological polar surface area (TPSA) is 40.5 Å². The zero-order chi connectivity index (χ0) is 8.81. The Morgan fingerprint density at radius 2 is 1.83 bits per heavy atom. The summed E-state index contributed by atoms with van der Waals surface area (Å²) in [6.45, 7) is 0. The molecule has 0 atom stereocenters. The van der Waals surface area contributed by atoms with E-state index in [-0.39, 0.29) is 6.32 Å². The molecule has 0 saturated carbocycles. The van der Waals surface area contributed by atoms with Crippen LogP contribution in [0.2, 0.25) is 6.32 Å². The third-order valence-corrected chi connectivity index (χ3v) is 1.46. The molecule has 2 nitrogen and oxygen atoms in total. The molecule has 0 bridgehead atoms. The summed E-state index contributed by atoms with van der Waals surface area (Å²) in [5, 5.41) is 17.1. The number of benzene rings is 1. The number of hydrogen-bond donors (Lipinski definition) is 2. The number of hydrogen-bond acceptors (Lipinski definition) is 2. The van der Waals surface area contributed by atoms with E-state index in [9.17, 15) is 0 Å². The van der Waals surface area contributed by atoms with Crippen LogP contribution < -0.4 is 0 Å². The summed E-state index contributed by atoms with van der Waals surface area (Å²) in [6.07, 6.45) is 3.87. The summed E-state index contributed by atoms with van der Waals surface area (Å²) in [4.78, 5) is 0. The molecule has 2 N–H and O–H groups in total. The van der Waals surface area contributed by atoms with E-state index in [0.717, 1.165) is 5.56 Å². The van der Waals surface area contributed by atoms with Crippen LogP contribution in [-0.4, -0.2) is 17.2 Å². The summed E-state index contributed by atoms with van der Waals surface area (Å²) in [7, 11) is -1.25. The van der Waals surface area contributed by atoms with Gasteiger partial charge in [-0.2, -0.15) is 0 Å². The maximum Gasteiger partial charge on any atom is 0.455 e. The van der Waals surface area contributed by atoms with Crippen molar-refractivity contribution in [3.05, 3.63) is 42.0 Å². The van der Waals surface area contributed by atoms with Gasteiger partial charge >= 0.3 is 7.12 Å². The van der Waals surface area contributed by atoms with E-state index in [2.05, 4.69) is 0 Å². The molecule has 12 heavy (non-hydrogen) atoms. The predicted molar refractivity (Wildman–Crippen MR) is 50.5 cm³/mol. The predicted octanol–water partition coefficient (Wildman–Crippen LogP) is 1.17. The van der Waals surface area contributed by atoms with Gasteiger partial charge in [-0.05, 0) is 5.56 Å². The Labute approximate surface area is 72.3 Å². The van der Waals surface area contributed by atoms with Gasteiger partial charge in [-0.15, -0.1) is 0 Å². The van der Waals surface area contributed by atoms with Crippen molar-refractivity contribution in [2.45, 2.75) is 6.32 Å². The van der Waals surface area contributed by atoms with Gasteiger partial charge in [0.1, 0.15) is 0 Å². The van der Waals surface area contributed by atoms with Crippen LogP contribution in [0.1, 0.15) is 5.56 Å². The van der Waals surface area contributed by atoms with Gasteiger partial charge in [0, 0.05) is 6.32 Å². The molecule has 0 amide bonds. The minimum absolute atomic E-state index is 0.273. The Morgan fingerprint density at radius 1 is 1.17 bits per heavy atom. The molecule has 0 fully saturated rings. The highest BCUT2D eigenvalue weighted by atomic mass is 16.4. The fourth-order valence-electron chi connectivity index (χ4n) is 0.890. The smallest absolute Gasteiger partial charge is 0.427 e. The largest absolute Gasteiger partial charge is 0.455 e. The van der Waals surface area contributed by atoms with Gasteiger partial charge in [-0.25, -0.2) is 0 Å². The molecule has 0 aliphatic heterocycles. The first-order chi connectivity index (χ1) is 5.79. The van der Waals surface area contributed by atoms with Crippen LogP contribution in [0.3, 0.4) is 0 Å². The molecular formula is C9H11BO2. The standard InChI is InChI=1S/C9H11BO2/c11-10(12)8-4-7-9-5-2-1-3-6-9/h1-7,11-12H,8H2/b7-4+. The Bertz CT molecular complexity index is 244. The zero-order valence-corrected chi connectivity index (χ0v) is 6.72. The van der Waals surface area contributed by atoms with Crippen LogP contribution in [-0.2, 0) is 0 Å². The van der Waals surface area contributed by atoms with Crippen molar-refractivity contribution in [2.24, 2.45) is 0 Å². The van der Waals surface area contributed by atoms with Crippen molar-refractivity contribution in [3.63, 3.8) is 0 Å². The molecule has 0 aromatic heterocycles. The fourth-order valence-corrected chi connectivity index (χ4v) is 0.890. The van der Waals surface area contributed by atoms with Crippen LogP contribution in [0.15, 0.2) is 36.4 Å². The molecule has 0 heterocycles. The third-order valence-electron chi connectivity index (χ3n) is 1.46. The van der Waals surface area contributed by atoms with Gasteiger partial charge in [-0.1, -0.05) is 42.5 Å². The monoisotopic (exact) mass is 162 g/mol. The Morgan fingerprint density at radius 3 is 2.42 bits per heavy atom. The van der Waals surface area contributed by atoms with Crippen molar-refractivity contribution in [1.29, 1.82) is 0 Å². The minimum atomic E-state index is -1.25. The normalized spacial score (nSPS) is 10.5. The first-order valence-corrected chi connectivity index (χ1v) is 3.87. The maximum absolute atomic E-state index is 8.53. The van der Waals surface area contributed by atoms with Gasteiger partial charge in [0.05, 0.1) is 0 Å². The van der Waals surface area contributed by atoms with Gasteiger partial charge in [0.15, 0.2) is 0 Å². The average molecular weight is 162 g/mol. The fraction of sp³-hybridized carbons (Fsp3) is 0.111. The summed E-state index contributed by atoms with van der Waals surface area (Å²) in [5.74, 6) is 0. The maximum atomic E-state index is 8.53. The first kappa shape index (κ1) is 9.04. The zero-order valence-electron chi connectivity index (χ0n) is 6.72. The summed E-state index contributed by atoms with van der Waals surface area (Å²) in [6, 6.07) is 9.74. The van der Waals surface area contributed by atoms with Crippen LogP contribution in [0.4, 0.5) is 0 Å². The van der Waals surface area contributed by atoms with Crippen LogP contribution in [0.25, 0.3) is 6.08 Å². The molecule has 0 radical (unpaired) electrons. The second-order valence-corrected chi connectivity index (χ2v) is 2.53. The number of allylic oxidation sites excluding steroid dienone is 1. The van der Waals surface area contributed by atoms with Crippen molar-refractivity contribution < 1.29 is 10.0 Å². The average Bonchev–Trinajstić information content (AvgIpc) is 2.05. The lowest BCUT2D eigenvalue weighted by molar-refractivity contribution is 0.411. The molecule has 1 rings (SSSR count). The third kappa shape index (κ3) is 3.37. The Hall–Kier alpha value is -1.06. The van der Waals surface area contributed by atoms with Crippen molar-refractivity contribution >= 4 is 13.2 Å². The van der Waals surface area contributed by atoms with E-state index in [1.807, 2.05) is 36.4 Å². The van der Waals surface area contributed by atoms with Crippen molar-refractivity contribution in [2.75, 3.05) is 0 Å². The van der Waals surface area contributed by atoms with Gasteiger partial charge in [0.25, 0.3) is 0 Å². The Balaban J connectivity index is 2.47. The molecule has 1 aromatic carbocycles. The highest BCUT2D eigenvalue weighted by Crippen LogP contribution is 2.01. The molecule has 1 aromatic rings. The van der Waals surface area contributed by atoms with Crippen LogP contribution in [0, 0.1) is 0 Å². The summed E-state index contributed by atoms with van der Waals surface area (Å²) >= 11 is 0. The minimum Gasteiger partial charge on any atom is -0.427 e. The molecular weight excluding hydrogens is 151 g/mol. The van der Waals surface area contributed by atoms with Crippen LogP contribution in [0.5, 0.6) is 0 Å². The molecule has 0 unspecified atom stereocenters. The highest BCUT2D eigenvalue weighted by molar-refractivity contribution is 6.41. The highest BCUT2D eigenvalue weighted by Gasteiger charge is 2.00. The molecule has 62 valence electrons. The summed E-state index contributed by atoms with van der Waals surface area (Å²) in [5.41, 5.74) is 1.07. The summed E-state index contributed by atoms with van der Waals surface area (Å²) < 4.78 is 0. The van der Waals surface area contributed by atoms with Gasteiger partial charge in [-0.3, -0.25) is 0 Å². The van der Waals surface area contributed by atoms with E-state index in [0.29, 0.717) is 0 Å². The lowest BCUT2D eigenvalue weighted by atomic mass is 9.86. The van der Waals surface area contributed by atoms with E-state index in [1.165, 1.54) is 0 Å². The van der Waals surface area contributed by atoms with Crippen molar-refractivity contribution in [3.8, 4) is 0 Å². The molecule has 0 saturated heterocycles. The van der Waals surface area contributed by atoms with E-state index < -0.39 is 7.12 Å². The second kappa shape index (κ2) is 4.75. The molecule has 0 spiro atoms. The lowest BCUT2D eigenvalue weighted by Gasteiger charge is -1.91. The molecule has 0 aliphatic rings.